The Morgan fingerprint density at radius 2 is 0.487 bits per heavy atom. The maximum atomic E-state index is 5.83. The number of hydrogen-bond donors (Lipinski definition) is 2. The summed E-state index contributed by atoms with van der Waals surface area (Å²) in [5.41, 5.74) is 25.9. The summed E-state index contributed by atoms with van der Waals surface area (Å²) in [5.74, 6) is 0. The third kappa shape index (κ3) is 10.2. The van der Waals surface area contributed by atoms with Crippen LogP contribution < -0.4 is 0 Å². The van der Waals surface area contributed by atoms with Crippen LogP contribution >= 0.6 is 0 Å². The van der Waals surface area contributed by atoms with Gasteiger partial charge in [-0.15, -0.1) is 0 Å². The number of fused-ring (bicyclic) bond motifs is 9. The number of H-pyrrole nitrogens is 2. The minimum atomic E-state index is -0.0946. The van der Waals surface area contributed by atoms with Crippen molar-refractivity contribution in [2.75, 3.05) is 0 Å². The average Bonchev–Trinajstić information content (AvgIpc) is 4.19. The summed E-state index contributed by atoms with van der Waals surface area (Å²) in [5, 5.41) is 0. The molecule has 2 aliphatic heterocycles. The van der Waals surface area contributed by atoms with Gasteiger partial charge < -0.3 is 9.97 Å². The Balaban J connectivity index is 1.44. The predicted octanol–water partition coefficient (Wildman–Crippen LogP) is 20.2. The molecular weight excluding hydrogens is 921 g/mol. The fourth-order valence-electron chi connectivity index (χ4n) is 10.7. The maximum absolute atomic E-state index is 5.83. The summed E-state index contributed by atoms with van der Waals surface area (Å²) in [6, 6.07) is 46.2. The van der Waals surface area contributed by atoms with Gasteiger partial charge in [-0.2, -0.15) is 0 Å². The highest BCUT2D eigenvalue weighted by atomic mass is 14.8. The van der Waals surface area contributed by atoms with Gasteiger partial charge >= 0.3 is 0 Å². The number of benzene rings is 3. The van der Waals surface area contributed by atoms with Crippen LogP contribution in [0.5, 0.6) is 0 Å². The molecule has 2 aliphatic carbocycles. The van der Waals surface area contributed by atoms with Gasteiger partial charge in [-0.05, 0) is 154 Å². The fraction of sp³-hybridized carbons (Fsp3) is 0.333. The van der Waals surface area contributed by atoms with Crippen molar-refractivity contribution in [2.45, 2.75) is 157 Å². The molecule has 5 heterocycles. The second kappa shape index (κ2) is 18.3. The lowest BCUT2D eigenvalue weighted by Gasteiger charge is -2.26. The van der Waals surface area contributed by atoms with E-state index in [2.05, 4.69) is 280 Å². The van der Waals surface area contributed by atoms with Gasteiger partial charge in [-0.1, -0.05) is 216 Å². The molecule has 4 heteroatoms. The fourth-order valence-corrected chi connectivity index (χ4v) is 10.7. The molecule has 388 valence electrons. The molecule has 0 unspecified atom stereocenters. The van der Waals surface area contributed by atoms with Crippen LogP contribution in [0.4, 0.5) is 0 Å². The number of hydrogen-bond acceptors (Lipinski definition) is 2. The minimum absolute atomic E-state index is 0.0924. The molecule has 4 nitrogen and oxygen atoms in total. The first-order valence-electron chi connectivity index (χ1n) is 27.5. The Hall–Kier alpha value is -7.04. The number of nitrogens with zero attached hydrogens (tertiary/aromatic N) is 2. The van der Waals surface area contributed by atoms with E-state index in [1.807, 2.05) is 0 Å². The van der Waals surface area contributed by atoms with Gasteiger partial charge in [0.2, 0.25) is 0 Å². The SMILES string of the molecule is CC(C)(C)c1cc(-c2c3nc(c(-c4cc(C(C)(C)C)cc(C(C)(C)C)c4)c4ccc([nH]4)c(-c4cc(C(C)(C)C)cc(C(C)(C)C)c4)c4nc(c(-c5cccc6cccc-6c5)c5ccc2[nH]5)C=C4)C=C3)cc(C(C)(C)C)c1. The number of nitrogens with one attached hydrogen (secondary N) is 2. The molecule has 0 saturated heterocycles. The predicted molar refractivity (Wildman–Crippen MR) is 329 cm³/mol. The highest BCUT2D eigenvalue weighted by molar-refractivity contribution is 6.00. The van der Waals surface area contributed by atoms with Crippen molar-refractivity contribution in [3.05, 3.63) is 177 Å². The first-order chi connectivity index (χ1) is 35.4. The van der Waals surface area contributed by atoms with E-state index in [0.29, 0.717) is 0 Å². The van der Waals surface area contributed by atoms with E-state index in [9.17, 15) is 0 Å². The van der Waals surface area contributed by atoms with Crippen LogP contribution in [0.2, 0.25) is 0 Å². The Kier molecular flexibility index (Phi) is 12.6. The van der Waals surface area contributed by atoms with Crippen molar-refractivity contribution in [1.29, 1.82) is 0 Å². The van der Waals surface area contributed by atoms with Crippen LogP contribution in [0.1, 0.15) is 181 Å². The van der Waals surface area contributed by atoms with Crippen LogP contribution in [-0.4, -0.2) is 19.9 Å². The maximum Gasteiger partial charge on any atom is 0.0737 e. The smallest absolute Gasteiger partial charge is 0.0737 e. The summed E-state index contributed by atoms with van der Waals surface area (Å²) in [6.07, 6.45) is 8.95. The molecule has 0 radical (unpaired) electrons. The van der Waals surface area contributed by atoms with E-state index in [0.717, 1.165) is 89.4 Å². The summed E-state index contributed by atoms with van der Waals surface area (Å²) in [7, 11) is 0. The average molecular weight is 1000 g/mol. The van der Waals surface area contributed by atoms with E-state index in [-0.39, 0.29) is 32.5 Å². The first kappa shape index (κ1) is 52.4. The van der Waals surface area contributed by atoms with Crippen LogP contribution in [0.15, 0.2) is 121 Å². The third-order valence-electron chi connectivity index (χ3n) is 15.7. The quantitative estimate of drug-likeness (QED) is 0.185. The van der Waals surface area contributed by atoms with Crippen molar-refractivity contribution < 1.29 is 0 Å². The zero-order valence-corrected chi connectivity index (χ0v) is 48.8. The zero-order valence-electron chi connectivity index (χ0n) is 48.8. The molecule has 6 aromatic rings. The van der Waals surface area contributed by atoms with E-state index >= 15 is 0 Å². The van der Waals surface area contributed by atoms with E-state index in [4.69, 9.17) is 9.97 Å². The molecule has 3 aromatic carbocycles. The molecular formula is C72H80N4. The molecule has 0 saturated carbocycles. The van der Waals surface area contributed by atoms with E-state index < -0.39 is 0 Å². The van der Waals surface area contributed by atoms with Crippen LogP contribution in [0.3, 0.4) is 0 Å². The van der Waals surface area contributed by atoms with Gasteiger partial charge in [-0.25, -0.2) is 9.97 Å². The monoisotopic (exact) mass is 1000 g/mol. The van der Waals surface area contributed by atoms with Crippen LogP contribution in [0, 0.1) is 0 Å². The van der Waals surface area contributed by atoms with Gasteiger partial charge in [0.15, 0.2) is 0 Å². The number of aromatic nitrogens is 4. The zero-order chi connectivity index (χ0) is 54.7. The second-order valence-electron chi connectivity index (χ2n) is 28.0. The van der Waals surface area contributed by atoms with Crippen molar-refractivity contribution in [2.24, 2.45) is 0 Å². The number of aromatic amines is 2. The van der Waals surface area contributed by atoms with Crippen molar-refractivity contribution in [3.63, 3.8) is 0 Å². The minimum Gasteiger partial charge on any atom is -0.354 e. The molecule has 2 N–H and O–H groups in total. The lowest BCUT2D eigenvalue weighted by Crippen LogP contribution is -2.16. The highest BCUT2D eigenvalue weighted by Crippen LogP contribution is 2.44. The lowest BCUT2D eigenvalue weighted by molar-refractivity contribution is 0.568. The van der Waals surface area contributed by atoms with E-state index in [1.165, 1.54) is 44.5 Å². The van der Waals surface area contributed by atoms with Gasteiger partial charge in [-0.3, -0.25) is 0 Å². The van der Waals surface area contributed by atoms with Crippen molar-refractivity contribution >= 4 is 46.4 Å². The van der Waals surface area contributed by atoms with Gasteiger partial charge in [0.25, 0.3) is 0 Å². The van der Waals surface area contributed by atoms with Gasteiger partial charge in [0, 0.05) is 44.3 Å². The summed E-state index contributed by atoms with van der Waals surface area (Å²) in [4.78, 5) is 19.8. The van der Waals surface area contributed by atoms with Crippen molar-refractivity contribution in [3.8, 4) is 55.6 Å². The van der Waals surface area contributed by atoms with Crippen LogP contribution in [0.25, 0.3) is 102 Å². The van der Waals surface area contributed by atoms with Crippen molar-refractivity contribution in [1.82, 2.24) is 19.9 Å². The molecule has 0 amide bonds. The van der Waals surface area contributed by atoms with E-state index in [1.54, 1.807) is 0 Å². The second-order valence-corrected chi connectivity index (χ2v) is 28.0. The Morgan fingerprint density at radius 3 is 0.750 bits per heavy atom. The molecule has 0 atom stereocenters. The molecule has 76 heavy (non-hydrogen) atoms. The van der Waals surface area contributed by atoms with Gasteiger partial charge in [0.05, 0.1) is 22.8 Å². The lowest BCUT2D eigenvalue weighted by atomic mass is 9.78. The topological polar surface area (TPSA) is 57.4 Å². The molecule has 0 fully saturated rings. The Bertz CT molecular complexity index is 3630. The number of rotatable bonds is 4. The standard InChI is InChI=1S/C72H80N4/c1-67(2,3)49-34-46(35-50(40-49)68(4,5)6)64-57-27-25-55(73-57)63(45-24-20-22-43-21-19-23-44(43)33-45)56-26-28-58(74-56)65(47-36-51(69(7,8)9)41-52(37-47)70(10,11)12)60-30-32-62(76-60)66(61-31-29-59(64)75-61)48-38-53(71(13,14)15)42-54(39-48)72(16,17)18/h19-42,73,76H,1-18H3. The van der Waals surface area contributed by atoms with Gasteiger partial charge in [0.1, 0.15) is 0 Å². The molecule has 4 aliphatic rings. The molecule has 10 rings (SSSR count). The summed E-state index contributed by atoms with van der Waals surface area (Å²) >= 11 is 0. The highest BCUT2D eigenvalue weighted by Gasteiger charge is 2.28. The first-order valence-corrected chi connectivity index (χ1v) is 27.5. The largest absolute Gasteiger partial charge is 0.354 e. The molecule has 3 aromatic heterocycles. The Morgan fingerprint density at radius 1 is 0.250 bits per heavy atom. The summed E-state index contributed by atoms with van der Waals surface area (Å²) in [6.45, 7) is 41.7. The summed E-state index contributed by atoms with van der Waals surface area (Å²) < 4.78 is 0. The third-order valence-corrected chi connectivity index (χ3v) is 15.7. The normalized spacial score (nSPS) is 13.6. The molecule has 8 bridgehead atoms. The van der Waals surface area contributed by atoms with Crippen LogP contribution in [-0.2, 0) is 32.5 Å². The molecule has 0 spiro atoms. The Labute approximate surface area is 454 Å².